The number of nitrogens with one attached hydrogen (secondary N) is 1. The van der Waals surface area contributed by atoms with Crippen molar-refractivity contribution in [1.29, 1.82) is 0 Å². The summed E-state index contributed by atoms with van der Waals surface area (Å²) in [7, 11) is 3.93. The van der Waals surface area contributed by atoms with Gasteiger partial charge in [0.25, 0.3) is 0 Å². The first-order valence-corrected chi connectivity index (χ1v) is 6.84. The molecule has 0 bridgehead atoms. The molecule has 2 rings (SSSR count). The number of nitrogens with zero attached hydrogens (tertiary/aromatic N) is 3. The Bertz CT molecular complexity index is 492. The fourth-order valence-electron chi connectivity index (χ4n) is 1.70. The zero-order valence-electron chi connectivity index (χ0n) is 11.0. The van der Waals surface area contributed by atoms with E-state index in [1.807, 2.05) is 7.05 Å². The van der Waals surface area contributed by atoms with Crippen LogP contribution >= 0.6 is 11.3 Å². The van der Waals surface area contributed by atoms with Gasteiger partial charge in [0.05, 0.1) is 6.54 Å². The Hall–Kier alpha value is -1.62. The molecule has 18 heavy (non-hydrogen) atoms. The van der Waals surface area contributed by atoms with Gasteiger partial charge >= 0.3 is 0 Å². The van der Waals surface area contributed by atoms with E-state index < -0.39 is 0 Å². The lowest BCUT2D eigenvalue weighted by Crippen LogP contribution is -2.16. The molecule has 4 nitrogen and oxygen atoms in total. The predicted octanol–water partition coefficient (Wildman–Crippen LogP) is 2.78. The number of benzene rings is 1. The van der Waals surface area contributed by atoms with Crippen LogP contribution in [0.4, 0.5) is 10.8 Å². The highest BCUT2D eigenvalue weighted by molar-refractivity contribution is 7.15. The van der Waals surface area contributed by atoms with Gasteiger partial charge in [-0.2, -0.15) is 0 Å². The van der Waals surface area contributed by atoms with Crippen LogP contribution in [0, 0.1) is 0 Å². The highest BCUT2D eigenvalue weighted by atomic mass is 32.1. The molecule has 0 aliphatic rings. The Morgan fingerprint density at radius 3 is 2.50 bits per heavy atom. The highest BCUT2D eigenvalue weighted by Crippen LogP contribution is 2.20. The van der Waals surface area contributed by atoms with Crippen LogP contribution in [0.2, 0.25) is 0 Å². The van der Waals surface area contributed by atoms with Gasteiger partial charge in [-0.15, -0.1) is 10.2 Å². The van der Waals surface area contributed by atoms with Crippen molar-refractivity contribution >= 4 is 22.2 Å². The lowest BCUT2D eigenvalue weighted by Gasteiger charge is -2.17. The largest absolute Gasteiger partial charge is 0.368 e. The molecule has 0 fully saturated rings. The van der Waals surface area contributed by atoms with Crippen LogP contribution in [-0.2, 0) is 13.0 Å². The Balaban J connectivity index is 2.03. The van der Waals surface area contributed by atoms with Crippen LogP contribution in [0.25, 0.3) is 0 Å². The van der Waals surface area contributed by atoms with Gasteiger partial charge in [0.2, 0.25) is 5.13 Å². The number of rotatable bonds is 5. The first-order chi connectivity index (χ1) is 8.72. The molecule has 0 unspecified atom stereocenters. The molecule has 1 aromatic carbocycles. The normalized spacial score (nSPS) is 10.4. The summed E-state index contributed by atoms with van der Waals surface area (Å²) in [6, 6.07) is 8.65. The Kier molecular flexibility index (Phi) is 4.15. The summed E-state index contributed by atoms with van der Waals surface area (Å²) in [6.45, 7) is 2.95. The van der Waals surface area contributed by atoms with E-state index in [2.05, 4.69) is 58.7 Å². The molecule has 0 saturated heterocycles. The van der Waals surface area contributed by atoms with Crippen LogP contribution in [0.5, 0.6) is 0 Å². The van der Waals surface area contributed by atoms with Crippen molar-refractivity contribution in [3.63, 3.8) is 0 Å². The van der Waals surface area contributed by atoms with E-state index in [4.69, 9.17) is 0 Å². The number of aryl methyl sites for hydroxylation is 1. The smallest absolute Gasteiger partial charge is 0.205 e. The van der Waals surface area contributed by atoms with Gasteiger partial charge in [0.1, 0.15) is 5.01 Å². The molecule has 0 spiro atoms. The van der Waals surface area contributed by atoms with Gasteiger partial charge in [0.15, 0.2) is 0 Å². The second-order valence-corrected chi connectivity index (χ2v) is 5.19. The van der Waals surface area contributed by atoms with Crippen molar-refractivity contribution < 1.29 is 0 Å². The summed E-state index contributed by atoms with van der Waals surface area (Å²) in [6.07, 6.45) is 1.08. The van der Waals surface area contributed by atoms with Crippen LogP contribution in [0.1, 0.15) is 17.5 Å². The summed E-state index contributed by atoms with van der Waals surface area (Å²) in [5.41, 5.74) is 2.56. The van der Waals surface area contributed by atoms with Gasteiger partial charge in [-0.25, -0.2) is 0 Å². The summed E-state index contributed by atoms with van der Waals surface area (Å²) in [4.78, 5) is 2.18. The van der Waals surface area contributed by atoms with E-state index in [1.165, 1.54) is 11.3 Å². The van der Waals surface area contributed by atoms with E-state index >= 15 is 0 Å². The molecule has 0 radical (unpaired) electrons. The summed E-state index contributed by atoms with van der Waals surface area (Å²) in [5.74, 6) is 0. The molecule has 0 saturated carbocycles. The van der Waals surface area contributed by atoms with E-state index in [9.17, 15) is 0 Å². The molecule has 1 heterocycles. The van der Waals surface area contributed by atoms with Crippen LogP contribution in [-0.4, -0.2) is 24.3 Å². The van der Waals surface area contributed by atoms with Crippen molar-refractivity contribution in [1.82, 2.24) is 10.2 Å². The topological polar surface area (TPSA) is 41.1 Å². The fraction of sp³-hybridized carbons (Fsp3) is 0.385. The summed E-state index contributed by atoms with van der Waals surface area (Å²) >= 11 is 1.59. The molecule has 1 aromatic heterocycles. The zero-order chi connectivity index (χ0) is 13.0. The lowest BCUT2D eigenvalue weighted by molar-refractivity contribution is 0.880. The average molecular weight is 262 g/mol. The minimum Gasteiger partial charge on any atom is -0.368 e. The number of hydrogen-bond donors (Lipinski definition) is 1. The third-order valence-electron chi connectivity index (χ3n) is 2.84. The summed E-state index contributed by atoms with van der Waals surface area (Å²) in [5, 5.41) is 13.1. The lowest BCUT2D eigenvalue weighted by atomic mass is 10.1. The third kappa shape index (κ3) is 2.98. The van der Waals surface area contributed by atoms with Gasteiger partial charge in [0, 0.05) is 19.8 Å². The quantitative estimate of drug-likeness (QED) is 0.899. The van der Waals surface area contributed by atoms with Crippen molar-refractivity contribution in [2.24, 2.45) is 0 Å². The van der Waals surface area contributed by atoms with Gasteiger partial charge in [-0.1, -0.05) is 30.4 Å². The first-order valence-electron chi connectivity index (χ1n) is 6.03. The molecule has 1 N–H and O–H groups in total. The average Bonchev–Trinajstić information content (AvgIpc) is 2.86. The van der Waals surface area contributed by atoms with Crippen LogP contribution in [0.3, 0.4) is 0 Å². The number of aromatic nitrogens is 2. The van der Waals surface area contributed by atoms with Gasteiger partial charge < -0.3 is 10.2 Å². The second-order valence-electron chi connectivity index (χ2n) is 4.13. The standard InChI is InChI=1S/C13H18N4S/c1-4-10-5-7-11(8-6-10)17(3)9-12-15-16-13(14-2)18-12/h5-8H,4,9H2,1-3H3,(H,14,16). The molecule has 0 aliphatic heterocycles. The SMILES string of the molecule is CCc1ccc(N(C)Cc2nnc(NC)s2)cc1. The molecule has 0 amide bonds. The molecular weight excluding hydrogens is 244 g/mol. The molecule has 96 valence electrons. The van der Waals surface area contributed by atoms with E-state index in [1.54, 1.807) is 11.3 Å². The Labute approximate surface area is 112 Å². The monoisotopic (exact) mass is 262 g/mol. The highest BCUT2D eigenvalue weighted by Gasteiger charge is 2.07. The van der Waals surface area contributed by atoms with Crippen molar-refractivity contribution in [2.75, 3.05) is 24.3 Å². The minimum absolute atomic E-state index is 0.783. The molecule has 0 atom stereocenters. The van der Waals surface area contributed by atoms with E-state index in [0.29, 0.717) is 0 Å². The molecule has 2 aromatic rings. The third-order valence-corrected chi connectivity index (χ3v) is 3.76. The maximum atomic E-state index is 4.15. The van der Waals surface area contributed by atoms with E-state index in [-0.39, 0.29) is 0 Å². The molecular formula is C13H18N4S. The maximum Gasteiger partial charge on any atom is 0.205 e. The fourth-order valence-corrected chi connectivity index (χ4v) is 2.45. The maximum absolute atomic E-state index is 4.15. The second kappa shape index (κ2) is 5.82. The van der Waals surface area contributed by atoms with Gasteiger partial charge in [-0.3, -0.25) is 0 Å². The first kappa shape index (κ1) is 12.8. The van der Waals surface area contributed by atoms with Crippen LogP contribution in [0.15, 0.2) is 24.3 Å². The molecule has 5 heteroatoms. The minimum atomic E-state index is 0.783. The number of hydrogen-bond acceptors (Lipinski definition) is 5. The van der Waals surface area contributed by atoms with Crippen molar-refractivity contribution in [2.45, 2.75) is 19.9 Å². The predicted molar refractivity (Wildman–Crippen MR) is 77.4 cm³/mol. The van der Waals surface area contributed by atoms with Crippen molar-refractivity contribution in [3.05, 3.63) is 34.8 Å². The van der Waals surface area contributed by atoms with Gasteiger partial charge in [-0.05, 0) is 24.1 Å². The summed E-state index contributed by atoms with van der Waals surface area (Å²) < 4.78 is 0. The number of anilines is 2. The Morgan fingerprint density at radius 2 is 1.94 bits per heavy atom. The Morgan fingerprint density at radius 1 is 1.22 bits per heavy atom. The zero-order valence-corrected chi connectivity index (χ0v) is 11.8. The molecule has 0 aliphatic carbocycles. The van der Waals surface area contributed by atoms with Crippen LogP contribution < -0.4 is 10.2 Å². The van der Waals surface area contributed by atoms with Crippen molar-refractivity contribution in [3.8, 4) is 0 Å². The van der Waals surface area contributed by atoms with E-state index in [0.717, 1.165) is 23.1 Å².